The van der Waals surface area contributed by atoms with Crippen molar-refractivity contribution in [2.75, 3.05) is 6.54 Å². The van der Waals surface area contributed by atoms with Crippen molar-refractivity contribution in [2.45, 2.75) is 26.3 Å². The van der Waals surface area contributed by atoms with Crippen molar-refractivity contribution in [3.05, 3.63) is 72.3 Å². The van der Waals surface area contributed by atoms with Crippen LogP contribution >= 0.6 is 0 Å². The number of ether oxygens (including phenoxy) is 1. The Balaban J connectivity index is 1.82. The molecule has 0 aromatic heterocycles. The number of amides is 1. The van der Waals surface area contributed by atoms with Crippen molar-refractivity contribution >= 4 is 16.9 Å². The van der Waals surface area contributed by atoms with Crippen LogP contribution < -0.4 is 4.74 Å². The van der Waals surface area contributed by atoms with Gasteiger partial charge in [0.2, 0.25) is 0 Å². The molecule has 0 aliphatic rings. The first-order valence-electron chi connectivity index (χ1n) is 8.90. The number of carbonyl (C=O) groups is 1. The summed E-state index contributed by atoms with van der Waals surface area (Å²) in [6.07, 6.45) is 1.54. The fourth-order valence-corrected chi connectivity index (χ4v) is 2.89. The van der Waals surface area contributed by atoms with Crippen LogP contribution in [0.4, 0.5) is 4.79 Å². The van der Waals surface area contributed by atoms with Gasteiger partial charge in [0.05, 0.1) is 0 Å². The molecule has 0 fully saturated rings. The molecule has 0 saturated heterocycles. The molecule has 4 nitrogen and oxygen atoms in total. The standard InChI is InChI=1S/C22H23NO3/c1-2-3-15-23(16-17-9-5-4-6-10-17)22(25)26-21-14-13-20(24)18-11-7-8-12-19(18)21/h4-14,24H,2-3,15-16H2,1H3. The average molecular weight is 349 g/mol. The van der Waals surface area contributed by atoms with Gasteiger partial charge in [0.15, 0.2) is 0 Å². The molecule has 0 radical (unpaired) electrons. The van der Waals surface area contributed by atoms with Gasteiger partial charge in [-0.2, -0.15) is 0 Å². The van der Waals surface area contributed by atoms with Gasteiger partial charge >= 0.3 is 6.09 Å². The van der Waals surface area contributed by atoms with Crippen LogP contribution in [0.2, 0.25) is 0 Å². The zero-order valence-corrected chi connectivity index (χ0v) is 14.9. The highest BCUT2D eigenvalue weighted by atomic mass is 16.6. The Morgan fingerprint density at radius 3 is 2.38 bits per heavy atom. The highest BCUT2D eigenvalue weighted by Gasteiger charge is 2.17. The third-order valence-corrected chi connectivity index (χ3v) is 4.31. The number of nitrogens with zero attached hydrogens (tertiary/aromatic N) is 1. The topological polar surface area (TPSA) is 49.8 Å². The van der Waals surface area contributed by atoms with Gasteiger partial charge in [0.1, 0.15) is 11.5 Å². The third-order valence-electron chi connectivity index (χ3n) is 4.31. The molecule has 26 heavy (non-hydrogen) atoms. The highest BCUT2D eigenvalue weighted by molar-refractivity contribution is 5.94. The molecule has 3 aromatic rings. The number of hydrogen-bond donors (Lipinski definition) is 1. The highest BCUT2D eigenvalue weighted by Crippen LogP contribution is 2.32. The fraction of sp³-hybridized carbons (Fsp3) is 0.227. The molecule has 0 aliphatic carbocycles. The smallest absolute Gasteiger partial charge is 0.415 e. The molecule has 0 heterocycles. The summed E-state index contributed by atoms with van der Waals surface area (Å²) in [5.74, 6) is 0.630. The Morgan fingerprint density at radius 2 is 1.65 bits per heavy atom. The summed E-state index contributed by atoms with van der Waals surface area (Å²) in [5.41, 5.74) is 1.07. The largest absolute Gasteiger partial charge is 0.507 e. The maximum Gasteiger partial charge on any atom is 0.415 e. The van der Waals surface area contributed by atoms with Crippen LogP contribution in [0.3, 0.4) is 0 Å². The van der Waals surface area contributed by atoms with Gasteiger partial charge in [-0.3, -0.25) is 0 Å². The number of rotatable bonds is 6. The van der Waals surface area contributed by atoms with Crippen molar-refractivity contribution in [2.24, 2.45) is 0 Å². The fourth-order valence-electron chi connectivity index (χ4n) is 2.89. The molecule has 0 aliphatic heterocycles. The number of aromatic hydroxyl groups is 1. The molecule has 3 aromatic carbocycles. The zero-order valence-electron chi connectivity index (χ0n) is 14.9. The van der Waals surface area contributed by atoms with Crippen LogP contribution in [-0.2, 0) is 6.54 Å². The molecule has 0 bridgehead atoms. The first kappa shape index (κ1) is 17.8. The van der Waals surface area contributed by atoms with Crippen molar-refractivity contribution in [3.8, 4) is 11.5 Å². The molecule has 4 heteroatoms. The molecule has 1 amide bonds. The van der Waals surface area contributed by atoms with Gasteiger partial charge in [-0.15, -0.1) is 0 Å². The minimum atomic E-state index is -0.377. The Hall–Kier alpha value is -3.01. The second-order valence-corrected chi connectivity index (χ2v) is 6.26. The summed E-state index contributed by atoms with van der Waals surface area (Å²) in [6, 6.07) is 20.4. The summed E-state index contributed by atoms with van der Waals surface area (Å²) >= 11 is 0. The maximum absolute atomic E-state index is 12.8. The zero-order chi connectivity index (χ0) is 18.4. The predicted molar refractivity (Wildman–Crippen MR) is 103 cm³/mol. The summed E-state index contributed by atoms with van der Waals surface area (Å²) < 4.78 is 5.69. The van der Waals surface area contributed by atoms with E-state index in [0.717, 1.165) is 23.8 Å². The summed E-state index contributed by atoms with van der Waals surface area (Å²) in [4.78, 5) is 14.5. The number of carbonyl (C=O) groups excluding carboxylic acids is 1. The number of phenols is 1. The molecule has 0 spiro atoms. The van der Waals surface area contributed by atoms with Gasteiger partial charge in [-0.05, 0) is 24.1 Å². The van der Waals surface area contributed by atoms with E-state index in [9.17, 15) is 9.90 Å². The first-order valence-corrected chi connectivity index (χ1v) is 8.90. The molecule has 0 unspecified atom stereocenters. The van der Waals surface area contributed by atoms with Crippen LogP contribution in [0.5, 0.6) is 11.5 Å². The molecule has 0 atom stereocenters. The van der Waals surface area contributed by atoms with Crippen LogP contribution in [-0.4, -0.2) is 22.6 Å². The number of hydrogen-bond acceptors (Lipinski definition) is 3. The second-order valence-electron chi connectivity index (χ2n) is 6.26. The van der Waals surface area contributed by atoms with Crippen molar-refractivity contribution in [3.63, 3.8) is 0 Å². The van der Waals surface area contributed by atoms with Crippen molar-refractivity contribution in [1.82, 2.24) is 4.90 Å². The quantitative estimate of drug-likeness (QED) is 0.653. The van der Waals surface area contributed by atoms with Gasteiger partial charge < -0.3 is 14.7 Å². The first-order chi connectivity index (χ1) is 12.7. The Labute approximate surface area is 153 Å². The molecule has 3 rings (SSSR count). The minimum Gasteiger partial charge on any atom is -0.507 e. The van der Waals surface area contributed by atoms with Gasteiger partial charge in [0.25, 0.3) is 0 Å². The Morgan fingerprint density at radius 1 is 0.962 bits per heavy atom. The lowest BCUT2D eigenvalue weighted by Crippen LogP contribution is -2.34. The molecular weight excluding hydrogens is 326 g/mol. The molecule has 134 valence electrons. The lowest BCUT2D eigenvalue weighted by molar-refractivity contribution is 0.149. The van der Waals surface area contributed by atoms with E-state index in [-0.39, 0.29) is 11.8 Å². The van der Waals surface area contributed by atoms with Crippen LogP contribution in [0.1, 0.15) is 25.3 Å². The lowest BCUT2D eigenvalue weighted by Gasteiger charge is -2.22. The number of benzene rings is 3. The molecule has 1 N–H and O–H groups in total. The number of unbranched alkanes of at least 4 members (excludes halogenated alkanes) is 1. The van der Waals surface area contributed by atoms with Gasteiger partial charge in [-0.1, -0.05) is 67.9 Å². The average Bonchev–Trinajstić information content (AvgIpc) is 2.68. The van der Waals surface area contributed by atoms with Crippen molar-refractivity contribution in [1.29, 1.82) is 0 Å². The Bertz CT molecular complexity index is 877. The Kier molecular flexibility index (Phi) is 5.74. The van der Waals surface area contributed by atoms with Crippen LogP contribution in [0.25, 0.3) is 10.8 Å². The predicted octanol–water partition coefficient (Wildman–Crippen LogP) is 5.35. The molecular formula is C22H23NO3. The third kappa shape index (κ3) is 4.14. The SMILES string of the molecule is CCCCN(Cc1ccccc1)C(=O)Oc1ccc(O)c2ccccc12. The number of phenolic OH excluding ortho intramolecular Hbond substituents is 1. The van der Waals surface area contributed by atoms with Crippen LogP contribution in [0.15, 0.2) is 66.7 Å². The van der Waals surface area contributed by atoms with E-state index >= 15 is 0 Å². The van der Waals surface area contributed by atoms with Gasteiger partial charge in [0, 0.05) is 23.9 Å². The minimum absolute atomic E-state index is 0.174. The normalized spacial score (nSPS) is 10.7. The van der Waals surface area contributed by atoms with E-state index in [2.05, 4.69) is 6.92 Å². The summed E-state index contributed by atoms with van der Waals surface area (Å²) in [6.45, 7) is 3.25. The van der Waals surface area contributed by atoms with E-state index in [1.165, 1.54) is 0 Å². The second kappa shape index (κ2) is 8.39. The van der Waals surface area contributed by atoms with E-state index in [1.807, 2.05) is 48.5 Å². The lowest BCUT2D eigenvalue weighted by atomic mass is 10.1. The maximum atomic E-state index is 12.8. The summed E-state index contributed by atoms with van der Waals surface area (Å²) in [7, 11) is 0. The van der Waals surface area contributed by atoms with Crippen molar-refractivity contribution < 1.29 is 14.6 Å². The van der Waals surface area contributed by atoms with E-state index in [1.54, 1.807) is 23.1 Å². The number of fused-ring (bicyclic) bond motifs is 1. The summed E-state index contributed by atoms with van der Waals surface area (Å²) in [5, 5.41) is 11.4. The molecule has 0 saturated carbocycles. The van der Waals surface area contributed by atoms with E-state index in [4.69, 9.17) is 4.74 Å². The monoisotopic (exact) mass is 349 g/mol. The van der Waals surface area contributed by atoms with E-state index in [0.29, 0.717) is 24.2 Å². The van der Waals surface area contributed by atoms with E-state index < -0.39 is 0 Å². The van der Waals surface area contributed by atoms with Gasteiger partial charge in [-0.25, -0.2) is 4.79 Å². The van der Waals surface area contributed by atoms with Crippen LogP contribution in [0, 0.1) is 0 Å².